The minimum absolute atomic E-state index is 0.0532. The van der Waals surface area contributed by atoms with E-state index in [1.807, 2.05) is 4.90 Å². The quantitative estimate of drug-likeness (QED) is 0.880. The Kier molecular flexibility index (Phi) is 3.57. The van der Waals surface area contributed by atoms with Gasteiger partial charge in [-0.25, -0.2) is 14.8 Å². The summed E-state index contributed by atoms with van der Waals surface area (Å²) in [5, 5.41) is 9.97. The van der Waals surface area contributed by atoms with Crippen molar-refractivity contribution in [1.29, 1.82) is 0 Å². The van der Waals surface area contributed by atoms with Crippen molar-refractivity contribution in [1.82, 2.24) is 9.97 Å². The third kappa shape index (κ3) is 2.73. The fourth-order valence-corrected chi connectivity index (χ4v) is 2.24. The summed E-state index contributed by atoms with van der Waals surface area (Å²) in [6, 6.07) is 2.97. The lowest BCUT2D eigenvalue weighted by Gasteiger charge is -2.26. The van der Waals surface area contributed by atoms with Crippen LogP contribution in [0.4, 0.5) is 5.95 Å². The van der Waals surface area contributed by atoms with Crippen LogP contribution in [-0.2, 0) is 4.74 Å². The molecule has 2 aromatic heterocycles. The molecule has 7 heteroatoms. The average molecular weight is 289 g/mol. The smallest absolute Gasteiger partial charge is 0.349 e. The molecule has 0 bridgehead atoms. The Hall–Kier alpha value is -2.41. The standard InChI is InChI=1S/C14H15N3O4/c1-9-8-11(18)12(13(19)21-9)10-2-3-15-14(16-10)17-4-6-20-7-5-17/h2-3,8,18H,4-7H2,1H3. The molecule has 0 spiro atoms. The lowest BCUT2D eigenvalue weighted by atomic mass is 10.2. The summed E-state index contributed by atoms with van der Waals surface area (Å²) in [4.78, 5) is 22.5. The Labute approximate surface area is 120 Å². The zero-order chi connectivity index (χ0) is 14.8. The van der Waals surface area contributed by atoms with Crippen LogP contribution in [0, 0.1) is 6.92 Å². The van der Waals surface area contributed by atoms with Gasteiger partial charge in [-0.05, 0) is 13.0 Å². The number of aryl methyl sites for hydroxylation is 1. The van der Waals surface area contributed by atoms with Gasteiger partial charge in [-0.2, -0.15) is 0 Å². The lowest BCUT2D eigenvalue weighted by Crippen LogP contribution is -2.37. The van der Waals surface area contributed by atoms with E-state index in [1.165, 1.54) is 6.07 Å². The van der Waals surface area contributed by atoms with Crippen molar-refractivity contribution in [2.24, 2.45) is 0 Å². The molecule has 7 nitrogen and oxygen atoms in total. The molecule has 2 aromatic rings. The Balaban J connectivity index is 2.02. The minimum atomic E-state index is -0.612. The number of morpholine rings is 1. The molecular weight excluding hydrogens is 274 g/mol. The van der Waals surface area contributed by atoms with E-state index in [1.54, 1.807) is 19.2 Å². The second-order valence-electron chi connectivity index (χ2n) is 4.75. The fourth-order valence-electron chi connectivity index (χ4n) is 2.24. The topological polar surface area (TPSA) is 88.7 Å². The molecule has 0 unspecified atom stereocenters. The van der Waals surface area contributed by atoms with E-state index in [4.69, 9.17) is 9.15 Å². The molecule has 1 saturated heterocycles. The van der Waals surface area contributed by atoms with E-state index in [0.29, 0.717) is 43.7 Å². The fraction of sp³-hybridized carbons (Fsp3) is 0.357. The van der Waals surface area contributed by atoms with Gasteiger partial charge in [0.15, 0.2) is 0 Å². The molecule has 110 valence electrons. The van der Waals surface area contributed by atoms with Crippen molar-refractivity contribution in [2.75, 3.05) is 31.2 Å². The van der Waals surface area contributed by atoms with Crippen molar-refractivity contribution in [3.05, 3.63) is 34.5 Å². The van der Waals surface area contributed by atoms with Crippen molar-refractivity contribution >= 4 is 5.95 Å². The number of rotatable bonds is 2. The van der Waals surface area contributed by atoms with Gasteiger partial charge in [0.1, 0.15) is 17.1 Å². The van der Waals surface area contributed by atoms with Crippen LogP contribution in [0.25, 0.3) is 11.3 Å². The van der Waals surface area contributed by atoms with Crippen LogP contribution < -0.4 is 10.5 Å². The van der Waals surface area contributed by atoms with Crippen LogP contribution in [0.1, 0.15) is 5.76 Å². The summed E-state index contributed by atoms with van der Waals surface area (Å²) in [5.74, 6) is 0.717. The Morgan fingerprint density at radius 2 is 2.10 bits per heavy atom. The average Bonchev–Trinajstić information content (AvgIpc) is 2.47. The highest BCUT2D eigenvalue weighted by Gasteiger charge is 2.18. The normalized spacial score (nSPS) is 15.2. The first-order valence-corrected chi connectivity index (χ1v) is 6.65. The molecule has 0 atom stereocenters. The number of hydrogen-bond donors (Lipinski definition) is 1. The van der Waals surface area contributed by atoms with Gasteiger partial charge >= 0.3 is 5.63 Å². The first-order chi connectivity index (χ1) is 10.1. The molecular formula is C14H15N3O4. The van der Waals surface area contributed by atoms with E-state index in [9.17, 15) is 9.90 Å². The van der Waals surface area contributed by atoms with Crippen LogP contribution in [0.15, 0.2) is 27.5 Å². The van der Waals surface area contributed by atoms with Crippen LogP contribution in [0.3, 0.4) is 0 Å². The monoisotopic (exact) mass is 289 g/mol. The van der Waals surface area contributed by atoms with E-state index < -0.39 is 5.63 Å². The summed E-state index contributed by atoms with van der Waals surface area (Å²) in [7, 11) is 0. The zero-order valence-corrected chi connectivity index (χ0v) is 11.6. The van der Waals surface area contributed by atoms with Gasteiger partial charge in [-0.15, -0.1) is 0 Å². The Morgan fingerprint density at radius 1 is 1.33 bits per heavy atom. The summed E-state index contributed by atoms with van der Waals surface area (Å²) in [6.07, 6.45) is 1.56. The molecule has 1 aliphatic rings. The number of aromatic hydroxyl groups is 1. The van der Waals surface area contributed by atoms with Crippen molar-refractivity contribution in [2.45, 2.75) is 6.92 Å². The van der Waals surface area contributed by atoms with Gasteiger partial charge < -0.3 is 19.2 Å². The van der Waals surface area contributed by atoms with Gasteiger partial charge in [0, 0.05) is 25.4 Å². The lowest BCUT2D eigenvalue weighted by molar-refractivity contribution is 0.122. The number of hydrogen-bond acceptors (Lipinski definition) is 7. The second-order valence-corrected chi connectivity index (χ2v) is 4.75. The summed E-state index contributed by atoms with van der Waals surface area (Å²) in [5.41, 5.74) is -0.214. The highest BCUT2D eigenvalue weighted by molar-refractivity contribution is 5.65. The highest BCUT2D eigenvalue weighted by atomic mass is 16.5. The number of ether oxygens (including phenoxy) is 1. The van der Waals surface area contributed by atoms with E-state index >= 15 is 0 Å². The van der Waals surface area contributed by atoms with Gasteiger partial charge in [0.05, 0.1) is 18.9 Å². The summed E-state index contributed by atoms with van der Waals surface area (Å²) >= 11 is 0. The maximum atomic E-state index is 11.9. The molecule has 3 heterocycles. The molecule has 21 heavy (non-hydrogen) atoms. The molecule has 1 N–H and O–H groups in total. The van der Waals surface area contributed by atoms with E-state index in [2.05, 4.69) is 9.97 Å². The number of anilines is 1. The number of nitrogens with zero attached hydrogens (tertiary/aromatic N) is 3. The molecule has 0 amide bonds. The van der Waals surface area contributed by atoms with Crippen molar-refractivity contribution < 1.29 is 14.3 Å². The molecule has 1 fully saturated rings. The first-order valence-electron chi connectivity index (χ1n) is 6.65. The van der Waals surface area contributed by atoms with E-state index in [-0.39, 0.29) is 11.3 Å². The molecule has 0 aliphatic carbocycles. The highest BCUT2D eigenvalue weighted by Crippen LogP contribution is 2.25. The predicted octanol–water partition coefficient (Wildman–Crippen LogP) is 0.947. The first kappa shape index (κ1) is 13.6. The van der Waals surface area contributed by atoms with Crippen LogP contribution in [0.5, 0.6) is 5.75 Å². The van der Waals surface area contributed by atoms with Crippen molar-refractivity contribution in [3.63, 3.8) is 0 Å². The van der Waals surface area contributed by atoms with Gasteiger partial charge in [-0.3, -0.25) is 0 Å². The van der Waals surface area contributed by atoms with E-state index in [0.717, 1.165) is 0 Å². The Bertz CT molecular complexity index is 708. The molecule has 3 rings (SSSR count). The maximum Gasteiger partial charge on any atom is 0.349 e. The van der Waals surface area contributed by atoms with Crippen LogP contribution in [-0.4, -0.2) is 41.4 Å². The third-order valence-corrected chi connectivity index (χ3v) is 3.25. The number of aromatic nitrogens is 2. The zero-order valence-electron chi connectivity index (χ0n) is 11.6. The minimum Gasteiger partial charge on any atom is -0.507 e. The van der Waals surface area contributed by atoms with Gasteiger partial charge in [0.25, 0.3) is 0 Å². The van der Waals surface area contributed by atoms with Crippen LogP contribution in [0.2, 0.25) is 0 Å². The molecule has 0 radical (unpaired) electrons. The third-order valence-electron chi connectivity index (χ3n) is 3.25. The maximum absolute atomic E-state index is 11.9. The second kappa shape index (κ2) is 5.53. The summed E-state index contributed by atoms with van der Waals surface area (Å²) < 4.78 is 10.3. The molecule has 0 aromatic carbocycles. The largest absolute Gasteiger partial charge is 0.507 e. The molecule has 1 aliphatic heterocycles. The summed E-state index contributed by atoms with van der Waals surface area (Å²) in [6.45, 7) is 4.22. The molecule has 0 saturated carbocycles. The van der Waals surface area contributed by atoms with Crippen LogP contribution >= 0.6 is 0 Å². The Morgan fingerprint density at radius 3 is 2.81 bits per heavy atom. The van der Waals surface area contributed by atoms with Crippen molar-refractivity contribution in [3.8, 4) is 17.0 Å². The van der Waals surface area contributed by atoms with Gasteiger partial charge in [0.2, 0.25) is 5.95 Å². The SMILES string of the molecule is Cc1cc(O)c(-c2ccnc(N3CCOCC3)n2)c(=O)o1. The predicted molar refractivity (Wildman–Crippen MR) is 75.4 cm³/mol. The van der Waals surface area contributed by atoms with Gasteiger partial charge in [-0.1, -0.05) is 0 Å².